The first kappa shape index (κ1) is 15.2. The zero-order valence-corrected chi connectivity index (χ0v) is 13.8. The first-order valence-corrected chi connectivity index (χ1v) is 8.14. The van der Waals surface area contributed by atoms with Gasteiger partial charge in [0.1, 0.15) is 11.6 Å². The molecule has 1 saturated heterocycles. The smallest absolute Gasteiger partial charge is 0.257 e. The monoisotopic (exact) mass is 328 g/mol. The number of aryl methyl sites for hydroxylation is 2. The highest BCUT2D eigenvalue weighted by molar-refractivity contribution is 5.73. The summed E-state index contributed by atoms with van der Waals surface area (Å²) in [7, 11) is 2.07. The van der Waals surface area contributed by atoms with E-state index in [9.17, 15) is 0 Å². The van der Waals surface area contributed by atoms with Crippen molar-refractivity contribution in [3.8, 4) is 0 Å². The number of fused-ring (bicyclic) bond motifs is 1. The molecule has 0 spiro atoms. The van der Waals surface area contributed by atoms with Gasteiger partial charge in [-0.05, 0) is 26.1 Å². The second kappa shape index (κ2) is 6.29. The molecule has 24 heavy (non-hydrogen) atoms. The molecule has 3 aromatic rings. The third-order valence-electron chi connectivity index (χ3n) is 4.17. The quantitative estimate of drug-likeness (QED) is 0.717. The van der Waals surface area contributed by atoms with Gasteiger partial charge < -0.3 is 14.2 Å². The van der Waals surface area contributed by atoms with Crippen molar-refractivity contribution < 1.29 is 9.26 Å². The fourth-order valence-corrected chi connectivity index (χ4v) is 3.09. The summed E-state index contributed by atoms with van der Waals surface area (Å²) in [4.78, 5) is 6.70. The molecule has 2 aromatic heterocycles. The first-order valence-electron chi connectivity index (χ1n) is 8.14. The number of morpholine rings is 1. The van der Waals surface area contributed by atoms with Gasteiger partial charge in [-0.1, -0.05) is 22.5 Å². The van der Waals surface area contributed by atoms with Crippen LogP contribution in [0, 0.1) is 0 Å². The fourth-order valence-electron chi connectivity index (χ4n) is 3.09. The van der Waals surface area contributed by atoms with Gasteiger partial charge in [0.05, 0.1) is 18.2 Å². The van der Waals surface area contributed by atoms with Crippen LogP contribution in [0.15, 0.2) is 28.8 Å². The van der Waals surface area contributed by atoms with Crippen LogP contribution in [0.1, 0.15) is 24.7 Å². The zero-order valence-electron chi connectivity index (χ0n) is 13.8. The maximum atomic E-state index is 5.90. The lowest BCUT2D eigenvalue weighted by Crippen LogP contribution is -2.40. The van der Waals surface area contributed by atoms with E-state index in [4.69, 9.17) is 9.26 Å². The molecule has 8 heteroatoms. The number of rotatable bonds is 4. The van der Waals surface area contributed by atoms with E-state index in [1.165, 1.54) is 0 Å². The van der Waals surface area contributed by atoms with Gasteiger partial charge in [0, 0.05) is 19.5 Å². The summed E-state index contributed by atoms with van der Waals surface area (Å²) in [6.07, 6.45) is 0.632. The van der Waals surface area contributed by atoms with Crippen LogP contribution < -0.4 is 0 Å². The molecule has 126 valence electrons. The number of nitrogens with zero attached hydrogens (tertiary/aromatic N) is 6. The number of likely N-dealkylation sites (N-methyl/N-ethyl adjacent to an activating group) is 1. The van der Waals surface area contributed by atoms with Crippen molar-refractivity contribution >= 4 is 11.0 Å². The maximum Gasteiger partial charge on any atom is 0.257 e. The Labute approximate surface area is 139 Å². The highest BCUT2D eigenvalue weighted by atomic mass is 16.5. The van der Waals surface area contributed by atoms with E-state index in [2.05, 4.69) is 39.3 Å². The Bertz CT molecular complexity index is 819. The van der Waals surface area contributed by atoms with Crippen molar-refractivity contribution in [1.82, 2.24) is 30.0 Å². The molecule has 3 heterocycles. The molecule has 1 fully saturated rings. The van der Waals surface area contributed by atoms with E-state index >= 15 is 0 Å². The molecule has 0 radical (unpaired) electrons. The molecule has 8 nitrogen and oxygen atoms in total. The summed E-state index contributed by atoms with van der Waals surface area (Å²) < 4.78 is 13.2. The predicted octanol–water partition coefficient (Wildman–Crippen LogP) is 1.45. The summed E-state index contributed by atoms with van der Waals surface area (Å²) in [5.41, 5.74) is 1.89. The van der Waals surface area contributed by atoms with Crippen LogP contribution in [0.4, 0.5) is 0 Å². The normalized spacial score (nSPS) is 22.2. The van der Waals surface area contributed by atoms with E-state index in [0.717, 1.165) is 24.1 Å². The summed E-state index contributed by atoms with van der Waals surface area (Å²) >= 11 is 0. The Balaban J connectivity index is 1.44. The summed E-state index contributed by atoms with van der Waals surface area (Å²) in [6.45, 7) is 4.38. The van der Waals surface area contributed by atoms with Crippen molar-refractivity contribution in [3.05, 3.63) is 36.0 Å². The molecular formula is C16H20N6O2. The van der Waals surface area contributed by atoms with Gasteiger partial charge in [-0.15, -0.1) is 5.10 Å². The van der Waals surface area contributed by atoms with Crippen molar-refractivity contribution in [2.75, 3.05) is 20.1 Å². The Morgan fingerprint density at radius 3 is 3.00 bits per heavy atom. The average Bonchev–Trinajstić information content (AvgIpc) is 3.19. The van der Waals surface area contributed by atoms with E-state index < -0.39 is 0 Å². The summed E-state index contributed by atoms with van der Waals surface area (Å²) in [5, 5.41) is 12.4. The van der Waals surface area contributed by atoms with Gasteiger partial charge in [-0.3, -0.25) is 0 Å². The van der Waals surface area contributed by atoms with Gasteiger partial charge in [-0.25, -0.2) is 4.68 Å². The number of hydrogen-bond acceptors (Lipinski definition) is 7. The van der Waals surface area contributed by atoms with Crippen molar-refractivity contribution in [2.45, 2.75) is 32.1 Å². The number of para-hydroxylation sites is 1. The standard InChI is InChI=1S/C16H20N6O2/c1-11-9-21(2)10-14(23-11)16-17-15(19-24-16)7-8-22-13-6-4-3-5-12(13)18-20-22/h3-6,11,14H,7-10H2,1-2H3/t11-,14-/m1/s1. The minimum Gasteiger partial charge on any atom is -0.363 e. The number of ether oxygens (including phenoxy) is 1. The van der Waals surface area contributed by atoms with E-state index in [1.807, 2.05) is 28.9 Å². The van der Waals surface area contributed by atoms with Crippen LogP contribution in [-0.4, -0.2) is 56.3 Å². The predicted molar refractivity (Wildman–Crippen MR) is 86.3 cm³/mol. The number of benzene rings is 1. The topological polar surface area (TPSA) is 82.1 Å². The molecule has 2 atom stereocenters. The Hall–Kier alpha value is -2.32. The van der Waals surface area contributed by atoms with Gasteiger partial charge in [0.15, 0.2) is 5.82 Å². The van der Waals surface area contributed by atoms with Crippen molar-refractivity contribution in [1.29, 1.82) is 0 Å². The molecule has 0 aliphatic carbocycles. The third-order valence-corrected chi connectivity index (χ3v) is 4.17. The van der Waals surface area contributed by atoms with E-state index in [1.54, 1.807) is 0 Å². The molecule has 0 saturated carbocycles. The molecule has 0 unspecified atom stereocenters. The molecule has 1 aromatic carbocycles. The molecule has 1 aliphatic heterocycles. The minimum atomic E-state index is -0.160. The van der Waals surface area contributed by atoms with Crippen molar-refractivity contribution in [2.24, 2.45) is 0 Å². The molecular weight excluding hydrogens is 308 g/mol. The number of aromatic nitrogens is 5. The van der Waals surface area contributed by atoms with Crippen molar-refractivity contribution in [3.63, 3.8) is 0 Å². The number of hydrogen-bond donors (Lipinski definition) is 0. The maximum absolute atomic E-state index is 5.90. The molecule has 0 amide bonds. The highest BCUT2D eigenvalue weighted by Crippen LogP contribution is 2.23. The van der Waals surface area contributed by atoms with Gasteiger partial charge in [0.25, 0.3) is 5.89 Å². The highest BCUT2D eigenvalue weighted by Gasteiger charge is 2.28. The van der Waals surface area contributed by atoms with Gasteiger partial charge in [-0.2, -0.15) is 4.98 Å². The summed E-state index contributed by atoms with van der Waals surface area (Å²) in [6, 6.07) is 7.88. The van der Waals surface area contributed by atoms with Crippen LogP contribution in [0.5, 0.6) is 0 Å². The third kappa shape index (κ3) is 3.02. The Morgan fingerprint density at radius 2 is 2.12 bits per heavy atom. The summed E-state index contributed by atoms with van der Waals surface area (Å²) in [5.74, 6) is 1.21. The molecule has 0 N–H and O–H groups in total. The zero-order chi connectivity index (χ0) is 16.5. The van der Waals surface area contributed by atoms with E-state index in [0.29, 0.717) is 24.7 Å². The molecule has 4 rings (SSSR count). The lowest BCUT2D eigenvalue weighted by Gasteiger charge is -2.32. The molecule has 0 bridgehead atoms. The van der Waals surface area contributed by atoms with Crippen LogP contribution in [0.25, 0.3) is 11.0 Å². The molecule has 1 aliphatic rings. The van der Waals surface area contributed by atoms with E-state index in [-0.39, 0.29) is 12.2 Å². The minimum absolute atomic E-state index is 0.158. The van der Waals surface area contributed by atoms with Crippen LogP contribution >= 0.6 is 0 Å². The van der Waals surface area contributed by atoms with Gasteiger partial charge >= 0.3 is 0 Å². The van der Waals surface area contributed by atoms with Crippen LogP contribution in [0.2, 0.25) is 0 Å². The fraction of sp³-hybridized carbons (Fsp3) is 0.500. The van der Waals surface area contributed by atoms with Gasteiger partial charge in [0.2, 0.25) is 0 Å². The van der Waals surface area contributed by atoms with Crippen LogP contribution in [-0.2, 0) is 17.7 Å². The largest absolute Gasteiger partial charge is 0.363 e. The lowest BCUT2D eigenvalue weighted by molar-refractivity contribution is -0.0838. The Kier molecular flexibility index (Phi) is 3.99. The van der Waals surface area contributed by atoms with Crippen LogP contribution in [0.3, 0.4) is 0 Å². The average molecular weight is 328 g/mol. The second-order valence-electron chi connectivity index (χ2n) is 6.26. The second-order valence-corrected chi connectivity index (χ2v) is 6.26. The SMILES string of the molecule is C[C@@H]1CN(C)C[C@H](c2nc(CCn3nnc4ccccc43)no2)O1. The Morgan fingerprint density at radius 1 is 1.25 bits per heavy atom. The lowest BCUT2D eigenvalue weighted by atomic mass is 10.2. The first-order chi connectivity index (χ1) is 11.7.